The number of hydrogen-bond acceptors (Lipinski definition) is 5. The molecule has 2 rings (SSSR count). The van der Waals surface area contributed by atoms with Crippen LogP contribution < -0.4 is 10.1 Å². The van der Waals surface area contributed by atoms with Crippen LogP contribution in [0.5, 0.6) is 5.75 Å². The van der Waals surface area contributed by atoms with E-state index >= 15 is 0 Å². The second kappa shape index (κ2) is 5.75. The zero-order chi connectivity index (χ0) is 12.1. The molecule has 0 radical (unpaired) electrons. The predicted octanol–water partition coefficient (Wildman–Crippen LogP) is 2.25. The fourth-order valence-corrected chi connectivity index (χ4v) is 2.27. The standard InChI is InChI=1S/C12H15N3OS/c1-3-16-10-4-9(5-14-6-10)12(13-2)11-7-17-8-15-11/h4-8,12-13H,3H2,1-2H3. The third-order valence-corrected chi connectivity index (χ3v) is 3.02. The number of nitrogens with zero attached hydrogens (tertiary/aromatic N) is 2. The van der Waals surface area contributed by atoms with Crippen LogP contribution in [0, 0.1) is 0 Å². The Labute approximate surface area is 105 Å². The SMILES string of the molecule is CCOc1cncc(C(NC)c2cscn2)c1. The van der Waals surface area contributed by atoms with Gasteiger partial charge in [-0.1, -0.05) is 0 Å². The molecule has 1 N–H and O–H groups in total. The lowest BCUT2D eigenvalue weighted by Crippen LogP contribution is -2.18. The third-order valence-electron chi connectivity index (χ3n) is 2.41. The molecule has 0 aliphatic rings. The smallest absolute Gasteiger partial charge is 0.137 e. The van der Waals surface area contributed by atoms with Gasteiger partial charge in [-0.05, 0) is 25.6 Å². The molecule has 0 amide bonds. The molecule has 0 aliphatic heterocycles. The van der Waals surface area contributed by atoms with E-state index in [1.807, 2.05) is 37.1 Å². The molecule has 0 aromatic carbocycles. The number of hydrogen-bond donors (Lipinski definition) is 1. The van der Waals surface area contributed by atoms with Crippen molar-refractivity contribution in [3.63, 3.8) is 0 Å². The van der Waals surface area contributed by atoms with E-state index in [1.165, 1.54) is 0 Å². The summed E-state index contributed by atoms with van der Waals surface area (Å²) in [7, 11) is 1.91. The van der Waals surface area contributed by atoms with E-state index < -0.39 is 0 Å². The normalized spacial score (nSPS) is 12.4. The minimum absolute atomic E-state index is 0.0640. The molecule has 2 aromatic rings. The van der Waals surface area contributed by atoms with Crippen LogP contribution in [0.3, 0.4) is 0 Å². The van der Waals surface area contributed by atoms with Crippen LogP contribution >= 0.6 is 11.3 Å². The number of rotatable bonds is 5. The molecule has 4 nitrogen and oxygen atoms in total. The van der Waals surface area contributed by atoms with Crippen molar-refractivity contribution in [3.05, 3.63) is 40.6 Å². The van der Waals surface area contributed by atoms with E-state index in [9.17, 15) is 0 Å². The van der Waals surface area contributed by atoms with E-state index in [1.54, 1.807) is 17.5 Å². The average molecular weight is 249 g/mol. The summed E-state index contributed by atoms with van der Waals surface area (Å²) in [5.74, 6) is 0.792. The molecule has 0 saturated heterocycles. The summed E-state index contributed by atoms with van der Waals surface area (Å²) in [6.45, 7) is 2.61. The van der Waals surface area contributed by atoms with Crippen LogP contribution in [0.15, 0.2) is 29.4 Å². The van der Waals surface area contributed by atoms with Gasteiger partial charge in [-0.15, -0.1) is 11.3 Å². The molecular weight excluding hydrogens is 234 g/mol. The van der Waals surface area contributed by atoms with Crippen molar-refractivity contribution >= 4 is 11.3 Å². The molecule has 0 saturated carbocycles. The van der Waals surface area contributed by atoms with Crippen LogP contribution in [0.25, 0.3) is 0 Å². The molecule has 1 atom stereocenters. The van der Waals surface area contributed by atoms with Crippen molar-refractivity contribution in [2.24, 2.45) is 0 Å². The number of nitrogens with one attached hydrogen (secondary N) is 1. The maximum atomic E-state index is 5.45. The fourth-order valence-electron chi connectivity index (χ4n) is 1.69. The van der Waals surface area contributed by atoms with E-state index in [2.05, 4.69) is 15.3 Å². The summed E-state index contributed by atoms with van der Waals surface area (Å²) in [5, 5.41) is 5.27. The summed E-state index contributed by atoms with van der Waals surface area (Å²) in [6.07, 6.45) is 3.56. The highest BCUT2D eigenvalue weighted by Gasteiger charge is 2.14. The molecule has 0 aliphatic carbocycles. The minimum atomic E-state index is 0.0640. The predicted molar refractivity (Wildman–Crippen MR) is 68.4 cm³/mol. The number of ether oxygens (including phenoxy) is 1. The zero-order valence-electron chi connectivity index (χ0n) is 9.88. The van der Waals surface area contributed by atoms with Gasteiger partial charge in [-0.2, -0.15) is 0 Å². The van der Waals surface area contributed by atoms with Crippen molar-refractivity contribution in [2.45, 2.75) is 13.0 Å². The summed E-state index contributed by atoms with van der Waals surface area (Å²) in [6, 6.07) is 2.06. The molecule has 2 aromatic heterocycles. The molecule has 17 heavy (non-hydrogen) atoms. The second-order valence-electron chi connectivity index (χ2n) is 3.52. The Hall–Kier alpha value is -1.46. The number of pyridine rings is 1. The lowest BCUT2D eigenvalue weighted by atomic mass is 10.1. The Balaban J connectivity index is 2.28. The van der Waals surface area contributed by atoms with Crippen LogP contribution in [0.2, 0.25) is 0 Å². The Morgan fingerprint density at radius 3 is 3.00 bits per heavy atom. The molecule has 0 fully saturated rings. The third kappa shape index (κ3) is 2.81. The Kier molecular flexibility index (Phi) is 4.06. The van der Waals surface area contributed by atoms with Crippen LogP contribution in [-0.2, 0) is 0 Å². The lowest BCUT2D eigenvalue weighted by molar-refractivity contribution is 0.338. The summed E-state index contributed by atoms with van der Waals surface area (Å²) in [4.78, 5) is 8.52. The largest absolute Gasteiger partial charge is 0.492 e. The van der Waals surface area contributed by atoms with E-state index in [0.717, 1.165) is 17.0 Å². The van der Waals surface area contributed by atoms with Crippen molar-refractivity contribution in [1.82, 2.24) is 15.3 Å². The van der Waals surface area contributed by atoms with Gasteiger partial charge >= 0.3 is 0 Å². The minimum Gasteiger partial charge on any atom is -0.492 e. The molecule has 90 valence electrons. The van der Waals surface area contributed by atoms with Crippen LogP contribution in [-0.4, -0.2) is 23.6 Å². The molecule has 5 heteroatoms. The Bertz CT molecular complexity index is 459. The average Bonchev–Trinajstić information content (AvgIpc) is 2.85. The summed E-state index contributed by atoms with van der Waals surface area (Å²) < 4.78 is 5.45. The molecule has 2 heterocycles. The Morgan fingerprint density at radius 2 is 2.35 bits per heavy atom. The fraction of sp³-hybridized carbons (Fsp3) is 0.333. The maximum absolute atomic E-state index is 5.45. The van der Waals surface area contributed by atoms with Gasteiger partial charge in [0.05, 0.1) is 30.1 Å². The monoisotopic (exact) mass is 249 g/mol. The van der Waals surface area contributed by atoms with Gasteiger partial charge in [0.1, 0.15) is 5.75 Å². The molecular formula is C12H15N3OS. The zero-order valence-corrected chi connectivity index (χ0v) is 10.7. The highest BCUT2D eigenvalue weighted by Crippen LogP contribution is 2.23. The maximum Gasteiger partial charge on any atom is 0.137 e. The van der Waals surface area contributed by atoms with Crippen molar-refractivity contribution in [2.75, 3.05) is 13.7 Å². The van der Waals surface area contributed by atoms with E-state index in [4.69, 9.17) is 4.74 Å². The molecule has 0 bridgehead atoms. The van der Waals surface area contributed by atoms with Crippen molar-refractivity contribution < 1.29 is 4.74 Å². The summed E-state index contributed by atoms with van der Waals surface area (Å²) in [5.41, 5.74) is 3.90. The number of aromatic nitrogens is 2. The van der Waals surface area contributed by atoms with Gasteiger partial charge in [-0.3, -0.25) is 4.98 Å². The summed E-state index contributed by atoms with van der Waals surface area (Å²) >= 11 is 1.59. The Morgan fingerprint density at radius 1 is 1.47 bits per heavy atom. The van der Waals surface area contributed by atoms with Gasteiger partial charge in [-0.25, -0.2) is 4.98 Å². The first-order chi connectivity index (χ1) is 8.35. The van der Waals surface area contributed by atoms with E-state index in [-0.39, 0.29) is 6.04 Å². The first-order valence-corrected chi connectivity index (χ1v) is 6.42. The van der Waals surface area contributed by atoms with Gasteiger partial charge < -0.3 is 10.1 Å². The lowest BCUT2D eigenvalue weighted by Gasteiger charge is -2.14. The first kappa shape index (κ1) is 12.0. The second-order valence-corrected chi connectivity index (χ2v) is 4.24. The highest BCUT2D eigenvalue weighted by molar-refractivity contribution is 7.07. The van der Waals surface area contributed by atoms with Crippen molar-refractivity contribution in [1.29, 1.82) is 0 Å². The quantitative estimate of drug-likeness (QED) is 0.883. The highest BCUT2D eigenvalue weighted by atomic mass is 32.1. The van der Waals surface area contributed by atoms with Crippen molar-refractivity contribution in [3.8, 4) is 5.75 Å². The van der Waals surface area contributed by atoms with Gasteiger partial charge in [0.25, 0.3) is 0 Å². The van der Waals surface area contributed by atoms with Crippen LogP contribution in [0.4, 0.5) is 0 Å². The topological polar surface area (TPSA) is 47.0 Å². The van der Waals surface area contributed by atoms with Gasteiger partial charge in [0.15, 0.2) is 0 Å². The first-order valence-electron chi connectivity index (χ1n) is 5.48. The molecule has 0 spiro atoms. The van der Waals surface area contributed by atoms with Crippen LogP contribution in [0.1, 0.15) is 24.2 Å². The molecule has 1 unspecified atom stereocenters. The number of thiazole rings is 1. The van der Waals surface area contributed by atoms with Gasteiger partial charge in [0.2, 0.25) is 0 Å². The van der Waals surface area contributed by atoms with E-state index in [0.29, 0.717) is 6.61 Å². The van der Waals surface area contributed by atoms with Gasteiger partial charge in [0, 0.05) is 11.6 Å².